The molecule has 0 bridgehead atoms. The van der Waals surface area contributed by atoms with Gasteiger partial charge in [-0.1, -0.05) is 65.3 Å². The first-order valence-corrected chi connectivity index (χ1v) is 8.06. The van der Waals surface area contributed by atoms with Crippen LogP contribution in [0, 0.1) is 0 Å². The van der Waals surface area contributed by atoms with Crippen LogP contribution in [0.1, 0.15) is 11.1 Å². The number of aromatic nitrogens is 1. The van der Waals surface area contributed by atoms with Crippen molar-refractivity contribution in [3.63, 3.8) is 0 Å². The molecule has 0 radical (unpaired) electrons. The average molecular weight is 332 g/mol. The lowest BCUT2D eigenvalue weighted by Gasteiger charge is -1.98. The minimum Gasteiger partial charge on any atom is -0.355 e. The number of fused-ring (bicyclic) bond motifs is 1. The van der Waals surface area contributed by atoms with Crippen molar-refractivity contribution in [2.45, 2.75) is 0 Å². The molecule has 1 heterocycles. The predicted octanol–water partition coefficient (Wildman–Crippen LogP) is 6.32. The first-order valence-electron chi connectivity index (χ1n) is 7.68. The van der Waals surface area contributed by atoms with Gasteiger partial charge in [0.25, 0.3) is 0 Å². The number of benzene rings is 3. The van der Waals surface area contributed by atoms with Crippen LogP contribution >= 0.6 is 11.6 Å². The Bertz CT molecular complexity index is 1000. The number of rotatable bonds is 3. The van der Waals surface area contributed by atoms with E-state index < -0.39 is 0 Å². The van der Waals surface area contributed by atoms with E-state index in [0.717, 1.165) is 27.8 Å². The fraction of sp³-hybridized carbons (Fsp3) is 0. The molecular weight excluding hydrogens is 318 g/mol. The molecule has 2 nitrogen and oxygen atoms in total. The van der Waals surface area contributed by atoms with Crippen LogP contribution in [0.3, 0.4) is 0 Å². The molecule has 3 aromatic carbocycles. The van der Waals surface area contributed by atoms with Crippen LogP contribution in [0.4, 0.5) is 0 Å². The van der Waals surface area contributed by atoms with Gasteiger partial charge in [0.1, 0.15) is 5.52 Å². The summed E-state index contributed by atoms with van der Waals surface area (Å²) in [6.07, 6.45) is 4.18. The lowest BCUT2D eigenvalue weighted by atomic mass is 10.1. The van der Waals surface area contributed by atoms with Crippen LogP contribution in [0.25, 0.3) is 34.4 Å². The molecule has 0 spiro atoms. The van der Waals surface area contributed by atoms with E-state index in [9.17, 15) is 0 Å². The number of hydrogen-bond donors (Lipinski definition) is 0. The van der Waals surface area contributed by atoms with E-state index >= 15 is 0 Å². The quantitative estimate of drug-likeness (QED) is 0.410. The Morgan fingerprint density at radius 3 is 2.33 bits per heavy atom. The molecule has 4 aromatic rings. The van der Waals surface area contributed by atoms with Crippen LogP contribution in [-0.2, 0) is 0 Å². The molecule has 4 rings (SSSR count). The first kappa shape index (κ1) is 14.7. The SMILES string of the molecule is Clc1ccc(-c2onc3ccc(/C=C/c4ccccc4)cc23)cc1. The second-order valence-electron chi connectivity index (χ2n) is 5.54. The highest BCUT2D eigenvalue weighted by Gasteiger charge is 2.10. The summed E-state index contributed by atoms with van der Waals surface area (Å²) in [4.78, 5) is 0. The Hall–Kier alpha value is -2.84. The summed E-state index contributed by atoms with van der Waals surface area (Å²) in [5.41, 5.74) is 4.08. The van der Waals surface area contributed by atoms with Gasteiger partial charge in [-0.25, -0.2) is 0 Å². The molecule has 1 aromatic heterocycles. The fourth-order valence-electron chi connectivity index (χ4n) is 2.63. The van der Waals surface area contributed by atoms with Crippen LogP contribution < -0.4 is 0 Å². The summed E-state index contributed by atoms with van der Waals surface area (Å²) in [7, 11) is 0. The number of halogens is 1. The smallest absolute Gasteiger partial charge is 0.174 e. The van der Waals surface area contributed by atoms with Gasteiger partial charge in [0.05, 0.1) is 5.39 Å². The molecule has 0 aliphatic carbocycles. The van der Waals surface area contributed by atoms with Gasteiger partial charge in [-0.2, -0.15) is 0 Å². The Kier molecular flexibility index (Phi) is 3.89. The maximum Gasteiger partial charge on any atom is 0.174 e. The third-order valence-electron chi connectivity index (χ3n) is 3.87. The standard InChI is InChI=1S/C21H14ClNO/c22-18-11-9-17(10-12-18)21-19-14-16(8-13-20(19)23-24-21)7-6-15-4-2-1-3-5-15/h1-14H/b7-6+. The van der Waals surface area contributed by atoms with Gasteiger partial charge >= 0.3 is 0 Å². The van der Waals surface area contributed by atoms with Gasteiger partial charge in [-0.05, 0) is 47.5 Å². The third-order valence-corrected chi connectivity index (χ3v) is 4.13. The maximum atomic E-state index is 5.96. The Morgan fingerprint density at radius 1 is 0.792 bits per heavy atom. The lowest BCUT2D eigenvalue weighted by Crippen LogP contribution is -1.77. The molecule has 116 valence electrons. The summed E-state index contributed by atoms with van der Waals surface area (Å²) in [5.74, 6) is 0.761. The summed E-state index contributed by atoms with van der Waals surface area (Å²) in [6.45, 7) is 0. The van der Waals surface area contributed by atoms with Crippen molar-refractivity contribution < 1.29 is 4.52 Å². The van der Waals surface area contributed by atoms with Crippen molar-refractivity contribution in [3.05, 3.63) is 88.9 Å². The van der Waals surface area contributed by atoms with Crippen LogP contribution in [0.15, 0.2) is 77.3 Å². The summed E-state index contributed by atoms with van der Waals surface area (Å²) < 4.78 is 5.54. The molecule has 0 saturated heterocycles. The third kappa shape index (κ3) is 2.97. The molecule has 0 amide bonds. The van der Waals surface area contributed by atoms with E-state index in [0.29, 0.717) is 5.02 Å². The first-order chi connectivity index (χ1) is 11.8. The highest BCUT2D eigenvalue weighted by molar-refractivity contribution is 6.30. The average Bonchev–Trinajstić information content (AvgIpc) is 3.05. The second-order valence-corrected chi connectivity index (χ2v) is 5.98. The van der Waals surface area contributed by atoms with E-state index in [-0.39, 0.29) is 0 Å². The van der Waals surface area contributed by atoms with Gasteiger partial charge in [-0.15, -0.1) is 0 Å². The minimum absolute atomic E-state index is 0.703. The topological polar surface area (TPSA) is 26.0 Å². The Balaban J connectivity index is 1.73. The van der Waals surface area contributed by atoms with Crippen molar-refractivity contribution in [3.8, 4) is 11.3 Å². The van der Waals surface area contributed by atoms with Gasteiger partial charge < -0.3 is 4.52 Å². The molecule has 0 N–H and O–H groups in total. The molecule has 0 atom stereocenters. The zero-order valence-corrected chi connectivity index (χ0v) is 13.6. The highest BCUT2D eigenvalue weighted by atomic mass is 35.5. The van der Waals surface area contributed by atoms with Crippen molar-refractivity contribution in [2.24, 2.45) is 0 Å². The molecule has 0 saturated carbocycles. The summed E-state index contributed by atoms with van der Waals surface area (Å²) in [6, 6.07) is 23.9. The summed E-state index contributed by atoms with van der Waals surface area (Å²) >= 11 is 5.96. The van der Waals surface area contributed by atoms with Crippen LogP contribution in [0.5, 0.6) is 0 Å². The zero-order valence-electron chi connectivity index (χ0n) is 12.8. The molecule has 0 fully saturated rings. The fourth-order valence-corrected chi connectivity index (χ4v) is 2.75. The van der Waals surface area contributed by atoms with Crippen molar-refractivity contribution in [1.82, 2.24) is 5.16 Å². The monoisotopic (exact) mass is 331 g/mol. The van der Waals surface area contributed by atoms with Gasteiger partial charge in [0, 0.05) is 10.6 Å². The Labute approximate surface area is 145 Å². The molecule has 24 heavy (non-hydrogen) atoms. The van der Waals surface area contributed by atoms with Crippen molar-refractivity contribution in [2.75, 3.05) is 0 Å². The summed E-state index contributed by atoms with van der Waals surface area (Å²) in [5, 5.41) is 5.84. The van der Waals surface area contributed by atoms with Crippen molar-refractivity contribution in [1.29, 1.82) is 0 Å². The predicted molar refractivity (Wildman–Crippen MR) is 99.8 cm³/mol. The second kappa shape index (κ2) is 6.34. The molecular formula is C21H14ClNO. The molecule has 3 heteroatoms. The van der Waals surface area contributed by atoms with Crippen LogP contribution in [-0.4, -0.2) is 5.16 Å². The molecule has 0 unspecified atom stereocenters. The largest absolute Gasteiger partial charge is 0.355 e. The van der Waals surface area contributed by atoms with E-state index in [1.807, 2.05) is 54.6 Å². The number of hydrogen-bond acceptors (Lipinski definition) is 2. The van der Waals surface area contributed by atoms with E-state index in [4.69, 9.17) is 16.1 Å². The molecule has 0 aliphatic heterocycles. The van der Waals surface area contributed by atoms with Crippen LogP contribution in [0.2, 0.25) is 5.02 Å². The van der Waals surface area contributed by atoms with E-state index in [1.165, 1.54) is 5.56 Å². The lowest BCUT2D eigenvalue weighted by molar-refractivity contribution is 0.441. The normalized spacial score (nSPS) is 11.4. The van der Waals surface area contributed by atoms with Gasteiger partial charge in [0.2, 0.25) is 0 Å². The Morgan fingerprint density at radius 2 is 1.54 bits per heavy atom. The highest BCUT2D eigenvalue weighted by Crippen LogP contribution is 2.30. The minimum atomic E-state index is 0.703. The van der Waals surface area contributed by atoms with E-state index in [2.05, 4.69) is 35.5 Å². The van der Waals surface area contributed by atoms with E-state index in [1.54, 1.807) is 0 Å². The van der Waals surface area contributed by atoms with Crippen molar-refractivity contribution >= 4 is 34.7 Å². The zero-order chi connectivity index (χ0) is 16.4. The van der Waals surface area contributed by atoms with Gasteiger partial charge in [-0.3, -0.25) is 0 Å². The molecule has 0 aliphatic rings. The number of nitrogens with zero attached hydrogens (tertiary/aromatic N) is 1. The van der Waals surface area contributed by atoms with Gasteiger partial charge in [0.15, 0.2) is 5.76 Å². The maximum absolute atomic E-state index is 5.96.